The van der Waals surface area contributed by atoms with Gasteiger partial charge in [-0.05, 0) is 42.2 Å². The third-order valence-corrected chi connectivity index (χ3v) is 12.5. The van der Waals surface area contributed by atoms with Crippen LogP contribution in [0.4, 0.5) is 0 Å². The molecule has 1 heterocycles. The second-order valence-corrected chi connectivity index (χ2v) is 16.6. The van der Waals surface area contributed by atoms with E-state index in [2.05, 4.69) is 10.6 Å². The highest BCUT2D eigenvalue weighted by Crippen LogP contribution is 2.49. The fourth-order valence-corrected chi connectivity index (χ4v) is 9.57. The highest BCUT2D eigenvalue weighted by atomic mass is 32.2. The van der Waals surface area contributed by atoms with Gasteiger partial charge in [-0.2, -0.15) is 8.42 Å². The zero-order chi connectivity index (χ0) is 35.2. The minimum Gasteiger partial charge on any atom is -0.392 e. The van der Waals surface area contributed by atoms with E-state index in [-0.39, 0.29) is 28.1 Å². The van der Waals surface area contributed by atoms with E-state index in [9.17, 15) is 36.6 Å². The van der Waals surface area contributed by atoms with Gasteiger partial charge in [0.2, 0.25) is 11.6 Å². The lowest BCUT2D eigenvalue weighted by molar-refractivity contribution is -0.150. The quantitative estimate of drug-likeness (QED) is 0.0795. The minimum absolute atomic E-state index is 0. The highest BCUT2D eigenvalue weighted by Gasteiger charge is 2.49. The van der Waals surface area contributed by atoms with Crippen LogP contribution < -0.4 is 16.8 Å². The summed E-state index contributed by atoms with van der Waals surface area (Å²) < 4.78 is 59.0. The van der Waals surface area contributed by atoms with E-state index in [0.29, 0.717) is 23.3 Å². The molecule has 0 aromatic heterocycles. The summed E-state index contributed by atoms with van der Waals surface area (Å²) in [5.41, 5.74) is -2.21. The summed E-state index contributed by atoms with van der Waals surface area (Å²) in [6, 6.07) is 21.6. The fraction of sp³-hybridized carbons (Fsp3) is 0.412. The SMILES string of the molecule is CCCCC1(CC)CS(=O)(=O)c2ccc(SCC(=O)N[C@](O)(C(=O)NCCS(=O)(=O)O)c3ccccc3)cc2C(c2ccccc2)C1O.N. The molecule has 15 heteroatoms. The third-order valence-electron chi connectivity index (χ3n) is 8.82. The van der Waals surface area contributed by atoms with Crippen molar-refractivity contribution >= 4 is 43.5 Å². The molecule has 0 fully saturated rings. The molecule has 8 N–H and O–H groups in total. The first-order valence-electron chi connectivity index (χ1n) is 15.7. The van der Waals surface area contributed by atoms with Gasteiger partial charge >= 0.3 is 0 Å². The van der Waals surface area contributed by atoms with E-state index in [1.54, 1.807) is 30.3 Å². The lowest BCUT2D eigenvalue weighted by atomic mass is 9.69. The Balaban J connectivity index is 0.00000650. The van der Waals surface area contributed by atoms with Crippen LogP contribution in [-0.4, -0.2) is 73.3 Å². The lowest BCUT2D eigenvalue weighted by Gasteiger charge is -2.39. The molecule has 0 radical (unpaired) electrons. The Morgan fingerprint density at radius 1 is 1.02 bits per heavy atom. The van der Waals surface area contributed by atoms with Gasteiger partial charge < -0.3 is 27.0 Å². The van der Waals surface area contributed by atoms with Crippen LogP contribution >= 0.6 is 11.8 Å². The smallest absolute Gasteiger partial charge is 0.278 e. The van der Waals surface area contributed by atoms with Crippen molar-refractivity contribution in [3.63, 3.8) is 0 Å². The molecule has 0 saturated heterocycles. The summed E-state index contributed by atoms with van der Waals surface area (Å²) >= 11 is 1.05. The summed E-state index contributed by atoms with van der Waals surface area (Å²) in [5, 5.41) is 28.0. The van der Waals surface area contributed by atoms with Gasteiger partial charge in [0.05, 0.1) is 28.3 Å². The number of unbranched alkanes of at least 4 members (excludes halogenated alkanes) is 1. The Bertz CT molecular complexity index is 1810. The van der Waals surface area contributed by atoms with Gasteiger partial charge in [0.15, 0.2) is 9.84 Å². The zero-order valence-corrected chi connectivity index (χ0v) is 30.0. The van der Waals surface area contributed by atoms with Crippen LogP contribution in [0.2, 0.25) is 0 Å². The second kappa shape index (κ2) is 16.6. The molecule has 49 heavy (non-hydrogen) atoms. The molecule has 3 aromatic rings. The summed E-state index contributed by atoms with van der Waals surface area (Å²) in [5.74, 6) is -3.77. The van der Waals surface area contributed by atoms with E-state index in [1.807, 2.05) is 44.2 Å². The maximum atomic E-state index is 13.9. The fourth-order valence-electron chi connectivity index (χ4n) is 6.21. The minimum atomic E-state index is -4.39. The highest BCUT2D eigenvalue weighted by molar-refractivity contribution is 8.00. The molecule has 2 amide bonds. The number of thioether (sulfide) groups is 1. The number of aliphatic hydroxyl groups excluding tert-OH is 1. The van der Waals surface area contributed by atoms with Crippen molar-refractivity contribution in [1.29, 1.82) is 0 Å². The van der Waals surface area contributed by atoms with Crippen LogP contribution in [0.1, 0.15) is 62.1 Å². The molecule has 0 spiro atoms. The van der Waals surface area contributed by atoms with Crippen LogP contribution in [-0.2, 0) is 35.3 Å². The standard InChI is InChI=1S/C34H42N2O9S3.H3N/c1-3-5-18-33(4-2)23-47(41,42)28-17-16-26(21-27(28)30(31(33)38)24-12-8-6-9-13-24)46-22-29(37)36-34(40,25-14-10-7-11-15-25)32(39)35-19-20-48(43,44)45;/h6-17,21,30-31,38,40H,3-5,18-20,22-23H2,1-2H3,(H,35,39)(H,36,37)(H,43,44,45);1H3/t30?,31?,33?,34-;/m1./s1. The van der Waals surface area contributed by atoms with Crippen molar-refractivity contribution in [2.24, 2.45) is 5.41 Å². The van der Waals surface area contributed by atoms with Crippen molar-refractivity contribution in [2.45, 2.75) is 67.1 Å². The number of nitrogens with one attached hydrogen (secondary N) is 2. The Labute approximate surface area is 292 Å². The van der Waals surface area contributed by atoms with Gasteiger partial charge in [-0.1, -0.05) is 87.4 Å². The van der Waals surface area contributed by atoms with Gasteiger partial charge in [0, 0.05) is 28.3 Å². The molecular weight excluding hydrogens is 691 g/mol. The first-order chi connectivity index (χ1) is 22.7. The summed E-state index contributed by atoms with van der Waals surface area (Å²) in [7, 11) is -8.20. The number of carbonyl (C=O) groups excluding carboxylic acids is 2. The summed E-state index contributed by atoms with van der Waals surface area (Å²) in [6.45, 7) is 3.43. The van der Waals surface area contributed by atoms with Crippen molar-refractivity contribution in [3.05, 3.63) is 95.6 Å². The van der Waals surface area contributed by atoms with Crippen molar-refractivity contribution in [3.8, 4) is 0 Å². The maximum Gasteiger partial charge on any atom is 0.278 e. The van der Waals surface area contributed by atoms with Gasteiger partial charge in [-0.3, -0.25) is 14.1 Å². The molecule has 4 atom stereocenters. The normalized spacial score (nSPS) is 21.2. The van der Waals surface area contributed by atoms with Crippen LogP contribution in [0.3, 0.4) is 0 Å². The molecule has 0 bridgehead atoms. The van der Waals surface area contributed by atoms with E-state index >= 15 is 0 Å². The number of hydrogen-bond acceptors (Lipinski definition) is 10. The van der Waals surface area contributed by atoms with E-state index in [4.69, 9.17) is 4.55 Å². The maximum absolute atomic E-state index is 13.9. The number of rotatable bonds is 14. The van der Waals surface area contributed by atoms with E-state index < -0.39 is 67.2 Å². The average molecular weight is 736 g/mol. The van der Waals surface area contributed by atoms with Crippen LogP contribution in [0.15, 0.2) is 88.7 Å². The molecule has 1 aliphatic rings. The van der Waals surface area contributed by atoms with Crippen molar-refractivity contribution in [1.82, 2.24) is 16.8 Å². The Hall–Kier alpha value is -3.31. The number of fused-ring (bicyclic) bond motifs is 1. The molecular formula is C34H45N3O9S3. The van der Waals surface area contributed by atoms with E-state index in [1.165, 1.54) is 18.2 Å². The van der Waals surface area contributed by atoms with Crippen molar-refractivity contribution in [2.75, 3.05) is 23.8 Å². The molecule has 12 nitrogen and oxygen atoms in total. The third kappa shape index (κ3) is 9.48. The van der Waals surface area contributed by atoms with Gasteiger partial charge in [-0.25, -0.2) is 8.42 Å². The molecule has 4 rings (SSSR count). The number of carbonyl (C=O) groups is 2. The zero-order valence-electron chi connectivity index (χ0n) is 27.5. The largest absolute Gasteiger partial charge is 0.392 e. The lowest BCUT2D eigenvalue weighted by Crippen LogP contribution is -2.57. The molecule has 3 unspecified atom stereocenters. The monoisotopic (exact) mass is 735 g/mol. The second-order valence-electron chi connectivity index (χ2n) is 12.1. The van der Waals surface area contributed by atoms with Gasteiger partial charge in [0.25, 0.3) is 16.0 Å². The predicted molar refractivity (Wildman–Crippen MR) is 189 cm³/mol. The topological polar surface area (TPSA) is 222 Å². The Morgan fingerprint density at radius 3 is 2.24 bits per heavy atom. The number of hydrogen-bond donors (Lipinski definition) is 6. The summed E-state index contributed by atoms with van der Waals surface area (Å²) in [4.78, 5) is 26.9. The summed E-state index contributed by atoms with van der Waals surface area (Å²) in [6.07, 6.45) is 1.64. The Kier molecular flexibility index (Phi) is 13.6. The predicted octanol–water partition coefficient (Wildman–Crippen LogP) is 3.77. The number of aliphatic hydroxyl groups is 2. The molecule has 1 aliphatic heterocycles. The number of benzene rings is 3. The van der Waals surface area contributed by atoms with E-state index in [0.717, 1.165) is 30.2 Å². The van der Waals surface area contributed by atoms with Crippen molar-refractivity contribution < 1.29 is 41.2 Å². The molecule has 268 valence electrons. The van der Waals surface area contributed by atoms with Gasteiger partial charge in [0.1, 0.15) is 0 Å². The van der Waals surface area contributed by atoms with Gasteiger partial charge in [-0.15, -0.1) is 11.8 Å². The number of amides is 2. The van der Waals surface area contributed by atoms with Crippen LogP contribution in [0.25, 0.3) is 0 Å². The average Bonchev–Trinajstić information content (AvgIpc) is 3.12. The first-order valence-corrected chi connectivity index (χ1v) is 20.0. The molecule has 0 saturated carbocycles. The first kappa shape index (κ1) is 40.1. The molecule has 3 aromatic carbocycles. The number of sulfone groups is 1. The molecule has 0 aliphatic carbocycles. The van der Waals surface area contributed by atoms with Crippen LogP contribution in [0, 0.1) is 5.41 Å². The van der Waals surface area contributed by atoms with Crippen LogP contribution in [0.5, 0.6) is 0 Å². The Morgan fingerprint density at radius 2 is 1.65 bits per heavy atom.